The molecular formula is C17H14ClF3N2O3. The highest BCUT2D eigenvalue weighted by Gasteiger charge is 2.30. The Balaban J connectivity index is 1.99. The summed E-state index contributed by atoms with van der Waals surface area (Å²) in [5.41, 5.74) is 0.0877. The molecule has 1 atom stereocenters. The molecule has 0 aliphatic heterocycles. The third-order valence-electron chi connectivity index (χ3n) is 3.51. The molecule has 0 spiro atoms. The van der Waals surface area contributed by atoms with Gasteiger partial charge in [0, 0.05) is 12.6 Å². The van der Waals surface area contributed by atoms with Crippen LogP contribution in [0.15, 0.2) is 42.6 Å². The molecule has 1 heterocycles. The fourth-order valence-electron chi connectivity index (χ4n) is 2.21. The number of carboxylic acids is 1. The molecule has 5 nitrogen and oxygen atoms in total. The molecule has 26 heavy (non-hydrogen) atoms. The van der Waals surface area contributed by atoms with E-state index in [4.69, 9.17) is 11.6 Å². The first-order chi connectivity index (χ1) is 12.1. The minimum absolute atomic E-state index is 0.00173. The van der Waals surface area contributed by atoms with Crippen molar-refractivity contribution in [1.82, 2.24) is 10.3 Å². The number of carboxylic acid groups (broad SMARTS) is 1. The number of amides is 1. The third-order valence-corrected chi connectivity index (χ3v) is 3.73. The van der Waals surface area contributed by atoms with Crippen molar-refractivity contribution in [2.75, 3.05) is 0 Å². The van der Waals surface area contributed by atoms with Crippen molar-refractivity contribution in [1.29, 1.82) is 0 Å². The van der Waals surface area contributed by atoms with Crippen LogP contribution in [0.4, 0.5) is 13.2 Å². The number of alkyl halides is 3. The summed E-state index contributed by atoms with van der Waals surface area (Å²) in [6.07, 6.45) is -3.29. The maximum atomic E-state index is 12.5. The molecule has 0 fully saturated rings. The number of nitrogens with one attached hydrogen (secondary N) is 1. The molecular weight excluding hydrogens is 373 g/mol. The van der Waals surface area contributed by atoms with Gasteiger partial charge in [0.05, 0.1) is 12.0 Å². The van der Waals surface area contributed by atoms with Crippen molar-refractivity contribution in [3.8, 4) is 0 Å². The van der Waals surface area contributed by atoms with Gasteiger partial charge in [0.15, 0.2) is 0 Å². The molecule has 0 aliphatic rings. The number of carbonyl (C=O) groups is 2. The smallest absolute Gasteiger partial charge is 0.416 e. The van der Waals surface area contributed by atoms with E-state index in [1.165, 1.54) is 24.4 Å². The Morgan fingerprint density at radius 3 is 2.23 bits per heavy atom. The number of pyridine rings is 1. The molecule has 0 saturated carbocycles. The molecule has 2 N–H and O–H groups in total. The Morgan fingerprint density at radius 2 is 1.73 bits per heavy atom. The summed E-state index contributed by atoms with van der Waals surface area (Å²) in [7, 11) is 0. The quantitative estimate of drug-likeness (QED) is 0.748. The van der Waals surface area contributed by atoms with Gasteiger partial charge in [-0.25, -0.2) is 9.78 Å². The van der Waals surface area contributed by atoms with Crippen LogP contribution < -0.4 is 5.32 Å². The van der Waals surface area contributed by atoms with Crippen LogP contribution in [0.25, 0.3) is 0 Å². The van der Waals surface area contributed by atoms with Crippen LogP contribution in [0.3, 0.4) is 0 Å². The van der Waals surface area contributed by atoms with E-state index in [-0.39, 0.29) is 18.0 Å². The number of benzene rings is 1. The average Bonchev–Trinajstić information content (AvgIpc) is 2.55. The summed E-state index contributed by atoms with van der Waals surface area (Å²) in [6, 6.07) is 6.00. The standard InChI is InChI=1S/C17H14ClF3N2O3/c18-14-6-3-11(9-22-14)7-13(16(25)26)23-15(24)8-10-1-4-12(5-2-10)17(19,20)21/h1-6,9,13H,7-8H2,(H,23,24)(H,25,26)/t13-/m0/s1. The van der Waals surface area contributed by atoms with E-state index < -0.39 is 29.7 Å². The first kappa shape index (κ1) is 19.7. The van der Waals surface area contributed by atoms with Crippen LogP contribution in [0.1, 0.15) is 16.7 Å². The molecule has 0 unspecified atom stereocenters. The van der Waals surface area contributed by atoms with Crippen LogP contribution in [0.5, 0.6) is 0 Å². The summed E-state index contributed by atoms with van der Waals surface area (Å²) in [5, 5.41) is 11.9. The third kappa shape index (κ3) is 5.73. The van der Waals surface area contributed by atoms with Crippen LogP contribution in [-0.4, -0.2) is 28.0 Å². The lowest BCUT2D eigenvalue weighted by Gasteiger charge is -2.15. The summed E-state index contributed by atoms with van der Waals surface area (Å²) < 4.78 is 37.6. The summed E-state index contributed by atoms with van der Waals surface area (Å²) >= 11 is 5.66. The second-order valence-electron chi connectivity index (χ2n) is 5.52. The first-order valence-electron chi connectivity index (χ1n) is 7.44. The molecule has 1 aromatic heterocycles. The van der Waals surface area contributed by atoms with Gasteiger partial charge in [0.1, 0.15) is 11.2 Å². The molecule has 2 rings (SSSR count). The Kier molecular flexibility index (Phi) is 6.20. The molecule has 1 aromatic carbocycles. The second-order valence-corrected chi connectivity index (χ2v) is 5.91. The van der Waals surface area contributed by atoms with Crippen molar-refractivity contribution < 1.29 is 27.9 Å². The number of nitrogens with zero attached hydrogens (tertiary/aromatic N) is 1. The van der Waals surface area contributed by atoms with Crippen molar-refractivity contribution in [3.63, 3.8) is 0 Å². The summed E-state index contributed by atoms with van der Waals surface area (Å²) in [6.45, 7) is 0. The Bertz CT molecular complexity index is 777. The SMILES string of the molecule is O=C(Cc1ccc(C(F)(F)F)cc1)N[C@@H](Cc1ccc(Cl)nc1)C(=O)O. The van der Waals surface area contributed by atoms with Gasteiger partial charge in [-0.05, 0) is 29.3 Å². The van der Waals surface area contributed by atoms with Crippen LogP contribution in [0.2, 0.25) is 5.15 Å². The lowest BCUT2D eigenvalue weighted by Crippen LogP contribution is -2.43. The van der Waals surface area contributed by atoms with Gasteiger partial charge in [-0.1, -0.05) is 29.8 Å². The number of aromatic nitrogens is 1. The number of rotatable bonds is 6. The van der Waals surface area contributed by atoms with Crippen LogP contribution >= 0.6 is 11.6 Å². The second kappa shape index (κ2) is 8.18. The first-order valence-corrected chi connectivity index (χ1v) is 7.81. The monoisotopic (exact) mass is 386 g/mol. The van der Waals surface area contributed by atoms with Gasteiger partial charge in [0.2, 0.25) is 5.91 Å². The number of aliphatic carboxylic acids is 1. The topological polar surface area (TPSA) is 79.3 Å². The number of hydrogen-bond donors (Lipinski definition) is 2. The van der Waals surface area contributed by atoms with E-state index in [0.717, 1.165) is 12.1 Å². The normalized spacial score (nSPS) is 12.5. The van der Waals surface area contributed by atoms with Gasteiger partial charge in [-0.2, -0.15) is 13.2 Å². The molecule has 138 valence electrons. The molecule has 2 aromatic rings. The molecule has 1 amide bonds. The molecule has 0 radical (unpaired) electrons. The van der Waals surface area contributed by atoms with Crippen LogP contribution in [-0.2, 0) is 28.6 Å². The van der Waals surface area contributed by atoms with Crippen molar-refractivity contribution in [3.05, 3.63) is 64.4 Å². The lowest BCUT2D eigenvalue weighted by molar-refractivity contribution is -0.141. The van der Waals surface area contributed by atoms with Gasteiger partial charge in [0.25, 0.3) is 0 Å². The average molecular weight is 387 g/mol. The fraction of sp³-hybridized carbons (Fsp3) is 0.235. The van der Waals surface area contributed by atoms with Gasteiger partial charge < -0.3 is 10.4 Å². The van der Waals surface area contributed by atoms with E-state index >= 15 is 0 Å². The Hall–Kier alpha value is -2.61. The van der Waals surface area contributed by atoms with Crippen molar-refractivity contribution in [2.24, 2.45) is 0 Å². The molecule has 0 aliphatic carbocycles. The maximum absolute atomic E-state index is 12.5. The van der Waals surface area contributed by atoms with E-state index in [1.54, 1.807) is 6.07 Å². The zero-order valence-corrected chi connectivity index (χ0v) is 14.0. The van der Waals surface area contributed by atoms with E-state index in [2.05, 4.69) is 10.3 Å². The van der Waals surface area contributed by atoms with Crippen LogP contribution in [0, 0.1) is 0 Å². The zero-order chi connectivity index (χ0) is 19.3. The van der Waals surface area contributed by atoms with Gasteiger partial charge in [-0.3, -0.25) is 4.79 Å². The van der Waals surface area contributed by atoms with Gasteiger partial charge >= 0.3 is 12.1 Å². The molecule has 0 bridgehead atoms. The predicted octanol–water partition coefficient (Wildman–Crippen LogP) is 3.11. The Labute approximate surface area is 151 Å². The Morgan fingerprint density at radius 1 is 1.12 bits per heavy atom. The van der Waals surface area contributed by atoms with Crippen molar-refractivity contribution >= 4 is 23.5 Å². The number of carbonyl (C=O) groups excluding carboxylic acids is 1. The minimum Gasteiger partial charge on any atom is -0.480 e. The van der Waals surface area contributed by atoms with E-state index in [9.17, 15) is 27.9 Å². The van der Waals surface area contributed by atoms with Crippen molar-refractivity contribution in [2.45, 2.75) is 25.1 Å². The summed E-state index contributed by atoms with van der Waals surface area (Å²) in [5.74, 6) is -1.85. The summed E-state index contributed by atoms with van der Waals surface area (Å²) in [4.78, 5) is 27.2. The van der Waals surface area contributed by atoms with E-state index in [0.29, 0.717) is 11.1 Å². The highest BCUT2D eigenvalue weighted by atomic mass is 35.5. The molecule has 0 saturated heterocycles. The molecule has 9 heteroatoms. The largest absolute Gasteiger partial charge is 0.480 e. The minimum atomic E-state index is -4.46. The maximum Gasteiger partial charge on any atom is 0.416 e. The number of halogens is 4. The zero-order valence-electron chi connectivity index (χ0n) is 13.3. The highest BCUT2D eigenvalue weighted by Crippen LogP contribution is 2.29. The lowest BCUT2D eigenvalue weighted by atomic mass is 10.1. The predicted molar refractivity (Wildman–Crippen MR) is 87.7 cm³/mol. The van der Waals surface area contributed by atoms with E-state index in [1.807, 2.05) is 0 Å². The number of hydrogen-bond acceptors (Lipinski definition) is 3. The fourth-order valence-corrected chi connectivity index (χ4v) is 2.32. The van der Waals surface area contributed by atoms with Gasteiger partial charge in [-0.15, -0.1) is 0 Å². The highest BCUT2D eigenvalue weighted by molar-refractivity contribution is 6.29.